The van der Waals surface area contributed by atoms with Gasteiger partial charge in [0.05, 0.1) is 5.69 Å². The third-order valence-corrected chi connectivity index (χ3v) is 2.42. The molecule has 0 bridgehead atoms. The fourth-order valence-corrected chi connectivity index (χ4v) is 1.51. The molecule has 0 amide bonds. The Labute approximate surface area is 86.5 Å². The van der Waals surface area contributed by atoms with Gasteiger partial charge in [-0.05, 0) is 45.8 Å². The summed E-state index contributed by atoms with van der Waals surface area (Å²) in [5.74, 6) is 0. The Kier molecular flexibility index (Phi) is 4.66. The van der Waals surface area contributed by atoms with Crippen LogP contribution >= 0.6 is 0 Å². The average Bonchev–Trinajstić information content (AvgIpc) is 2.59. The van der Waals surface area contributed by atoms with E-state index in [0.717, 1.165) is 18.8 Å². The summed E-state index contributed by atoms with van der Waals surface area (Å²) in [5.41, 5.74) is 1.10. The van der Waals surface area contributed by atoms with Gasteiger partial charge >= 0.3 is 0 Å². The highest BCUT2D eigenvalue weighted by molar-refractivity contribution is 4.95. The van der Waals surface area contributed by atoms with Crippen LogP contribution in [0.1, 0.15) is 38.4 Å². The predicted molar refractivity (Wildman–Crippen MR) is 59.5 cm³/mol. The van der Waals surface area contributed by atoms with Gasteiger partial charge in [0, 0.05) is 12.2 Å². The first-order valence-electron chi connectivity index (χ1n) is 5.46. The molecular formula is C11H21N3. The fraction of sp³-hybridized carbons (Fsp3) is 0.727. The van der Waals surface area contributed by atoms with Crippen LogP contribution in [0.2, 0.25) is 0 Å². The molecule has 1 atom stereocenters. The lowest BCUT2D eigenvalue weighted by Gasteiger charge is -2.11. The van der Waals surface area contributed by atoms with Gasteiger partial charge in [-0.1, -0.05) is 6.92 Å². The van der Waals surface area contributed by atoms with E-state index >= 15 is 0 Å². The van der Waals surface area contributed by atoms with Gasteiger partial charge in [-0.3, -0.25) is 4.68 Å². The second kappa shape index (κ2) is 5.81. The van der Waals surface area contributed by atoms with Crippen molar-refractivity contribution in [2.24, 2.45) is 0 Å². The summed E-state index contributed by atoms with van der Waals surface area (Å²) in [6.45, 7) is 8.57. The van der Waals surface area contributed by atoms with Crippen molar-refractivity contribution in [2.75, 3.05) is 13.1 Å². The number of hydrogen-bond acceptors (Lipinski definition) is 2. The maximum absolute atomic E-state index is 4.41. The average molecular weight is 195 g/mol. The smallest absolute Gasteiger partial charge is 0.0593 e. The summed E-state index contributed by atoms with van der Waals surface area (Å²) in [6, 6.07) is 2.57. The molecule has 1 aromatic rings. The Morgan fingerprint density at radius 2 is 2.36 bits per heavy atom. The van der Waals surface area contributed by atoms with Crippen molar-refractivity contribution in [2.45, 2.75) is 39.7 Å². The minimum Gasteiger partial charge on any atom is -0.317 e. The van der Waals surface area contributed by atoms with Gasteiger partial charge < -0.3 is 5.32 Å². The van der Waals surface area contributed by atoms with Crippen molar-refractivity contribution < 1.29 is 0 Å². The van der Waals surface area contributed by atoms with E-state index in [2.05, 4.69) is 41.2 Å². The quantitative estimate of drug-likeness (QED) is 0.705. The van der Waals surface area contributed by atoms with Gasteiger partial charge in [0.1, 0.15) is 0 Å². The lowest BCUT2D eigenvalue weighted by molar-refractivity contribution is 0.438. The van der Waals surface area contributed by atoms with Gasteiger partial charge in [0.25, 0.3) is 0 Å². The van der Waals surface area contributed by atoms with E-state index in [1.165, 1.54) is 12.8 Å². The van der Waals surface area contributed by atoms with Gasteiger partial charge in [-0.15, -0.1) is 0 Å². The Hall–Kier alpha value is -0.830. The molecule has 0 aliphatic heterocycles. The lowest BCUT2D eigenvalue weighted by atomic mass is 10.2. The molecule has 0 spiro atoms. The number of nitrogens with one attached hydrogen (secondary N) is 1. The van der Waals surface area contributed by atoms with Crippen molar-refractivity contribution in [1.82, 2.24) is 15.1 Å². The lowest BCUT2D eigenvalue weighted by Crippen LogP contribution is -2.15. The van der Waals surface area contributed by atoms with Crippen LogP contribution < -0.4 is 5.32 Å². The van der Waals surface area contributed by atoms with Crippen molar-refractivity contribution >= 4 is 0 Å². The van der Waals surface area contributed by atoms with Crippen LogP contribution in [0.5, 0.6) is 0 Å². The van der Waals surface area contributed by atoms with E-state index in [1.54, 1.807) is 0 Å². The first-order chi connectivity index (χ1) is 6.74. The molecular weight excluding hydrogens is 174 g/mol. The van der Waals surface area contributed by atoms with Gasteiger partial charge in [0.2, 0.25) is 0 Å². The molecule has 0 fully saturated rings. The SMILES string of the molecule is CCNCCCC(C)n1ccc(C)n1. The van der Waals surface area contributed by atoms with Gasteiger partial charge in [-0.2, -0.15) is 5.10 Å². The van der Waals surface area contributed by atoms with Crippen molar-refractivity contribution in [3.63, 3.8) is 0 Å². The fourth-order valence-electron chi connectivity index (χ4n) is 1.51. The number of nitrogens with zero attached hydrogens (tertiary/aromatic N) is 2. The van der Waals surface area contributed by atoms with Crippen LogP contribution in [0, 0.1) is 6.92 Å². The zero-order chi connectivity index (χ0) is 10.4. The van der Waals surface area contributed by atoms with Crippen molar-refractivity contribution in [3.05, 3.63) is 18.0 Å². The molecule has 1 N–H and O–H groups in total. The predicted octanol–water partition coefficient (Wildman–Crippen LogP) is 2.14. The van der Waals surface area contributed by atoms with Crippen LogP contribution in [0.25, 0.3) is 0 Å². The molecule has 0 saturated carbocycles. The molecule has 3 heteroatoms. The second-order valence-electron chi connectivity index (χ2n) is 3.78. The topological polar surface area (TPSA) is 29.9 Å². The molecule has 1 rings (SSSR count). The highest BCUT2D eigenvalue weighted by atomic mass is 15.3. The number of aryl methyl sites for hydroxylation is 1. The molecule has 80 valence electrons. The van der Waals surface area contributed by atoms with Crippen LogP contribution in [0.4, 0.5) is 0 Å². The summed E-state index contributed by atoms with van der Waals surface area (Å²) in [7, 11) is 0. The van der Waals surface area contributed by atoms with E-state index in [9.17, 15) is 0 Å². The van der Waals surface area contributed by atoms with E-state index in [-0.39, 0.29) is 0 Å². The summed E-state index contributed by atoms with van der Waals surface area (Å²) < 4.78 is 2.06. The highest BCUT2D eigenvalue weighted by Crippen LogP contribution is 2.11. The molecule has 1 unspecified atom stereocenters. The third-order valence-electron chi connectivity index (χ3n) is 2.42. The molecule has 0 aliphatic rings. The third kappa shape index (κ3) is 3.50. The Balaban J connectivity index is 2.25. The maximum atomic E-state index is 4.41. The summed E-state index contributed by atoms with van der Waals surface area (Å²) in [4.78, 5) is 0. The van der Waals surface area contributed by atoms with Crippen LogP contribution in [0.15, 0.2) is 12.3 Å². The minimum absolute atomic E-state index is 0.516. The van der Waals surface area contributed by atoms with Gasteiger partial charge in [0.15, 0.2) is 0 Å². The first-order valence-corrected chi connectivity index (χ1v) is 5.46. The molecule has 14 heavy (non-hydrogen) atoms. The highest BCUT2D eigenvalue weighted by Gasteiger charge is 2.04. The van der Waals surface area contributed by atoms with Crippen molar-refractivity contribution in [3.8, 4) is 0 Å². The molecule has 0 radical (unpaired) electrons. The Morgan fingerprint density at radius 3 is 2.93 bits per heavy atom. The second-order valence-corrected chi connectivity index (χ2v) is 3.78. The standard InChI is InChI=1S/C11H21N3/c1-4-12-8-5-6-11(3)14-9-7-10(2)13-14/h7,9,11-12H,4-6,8H2,1-3H3. The number of aromatic nitrogens is 2. The Bertz CT molecular complexity index is 255. The Morgan fingerprint density at radius 1 is 1.57 bits per heavy atom. The minimum atomic E-state index is 0.516. The van der Waals surface area contributed by atoms with E-state index in [1.807, 2.05) is 6.92 Å². The molecule has 0 aromatic carbocycles. The van der Waals surface area contributed by atoms with Crippen LogP contribution in [0.3, 0.4) is 0 Å². The summed E-state index contributed by atoms with van der Waals surface area (Å²) in [5, 5.41) is 7.74. The van der Waals surface area contributed by atoms with Crippen molar-refractivity contribution in [1.29, 1.82) is 0 Å². The molecule has 1 aromatic heterocycles. The zero-order valence-electron chi connectivity index (χ0n) is 9.45. The molecule has 1 heterocycles. The summed E-state index contributed by atoms with van der Waals surface area (Å²) in [6.07, 6.45) is 4.47. The number of rotatable bonds is 6. The van der Waals surface area contributed by atoms with E-state index < -0.39 is 0 Å². The molecule has 3 nitrogen and oxygen atoms in total. The normalized spacial score (nSPS) is 13.1. The van der Waals surface area contributed by atoms with Crippen LogP contribution in [-0.2, 0) is 0 Å². The maximum Gasteiger partial charge on any atom is 0.0593 e. The largest absolute Gasteiger partial charge is 0.317 e. The van der Waals surface area contributed by atoms with Gasteiger partial charge in [-0.25, -0.2) is 0 Å². The number of hydrogen-bond donors (Lipinski definition) is 1. The van der Waals surface area contributed by atoms with E-state index in [4.69, 9.17) is 0 Å². The first kappa shape index (κ1) is 11.2. The summed E-state index contributed by atoms with van der Waals surface area (Å²) >= 11 is 0. The van der Waals surface area contributed by atoms with E-state index in [0.29, 0.717) is 6.04 Å². The monoisotopic (exact) mass is 195 g/mol. The molecule has 0 aliphatic carbocycles. The zero-order valence-corrected chi connectivity index (χ0v) is 9.45. The molecule has 0 saturated heterocycles. The van der Waals surface area contributed by atoms with Crippen LogP contribution in [-0.4, -0.2) is 22.9 Å².